The Hall–Kier alpha value is -1.82. The minimum absolute atomic E-state index is 0.751. The molecule has 3 aromatic rings. The van der Waals surface area contributed by atoms with Gasteiger partial charge in [-0.1, -0.05) is 12.1 Å². The number of nitrogens with two attached hydrogens (primary N) is 1. The normalized spacial score (nSPS) is 10.7. The number of nitrogens with zero attached hydrogens (tertiary/aromatic N) is 1. The van der Waals surface area contributed by atoms with Gasteiger partial charge in [-0.2, -0.15) is 0 Å². The number of nitrogen functional groups attached to an aromatic ring is 1. The monoisotopic (exact) mass is 375 g/mol. The lowest BCUT2D eigenvalue weighted by molar-refractivity contribution is 1.22. The molecule has 0 radical (unpaired) electrons. The van der Waals surface area contributed by atoms with Crippen LogP contribution in [0, 0.1) is 10.5 Å². The highest BCUT2D eigenvalue weighted by Gasteiger charge is 2.07. The summed E-state index contributed by atoms with van der Waals surface area (Å²) in [6, 6.07) is 14.2. The summed E-state index contributed by atoms with van der Waals surface area (Å²) < 4.78 is 1.18. The zero-order valence-electron chi connectivity index (χ0n) is 11.0. The molecule has 100 valence electrons. The SMILES string of the molecule is Cc1cc2c(Nc3ccccc3I)ccc(N)c2cn1. The second-order valence-corrected chi connectivity index (χ2v) is 5.84. The maximum Gasteiger partial charge on any atom is 0.0520 e. The first kappa shape index (κ1) is 13.2. The second-order valence-electron chi connectivity index (χ2n) is 4.68. The molecule has 3 rings (SSSR count). The van der Waals surface area contributed by atoms with Crippen molar-refractivity contribution in [2.24, 2.45) is 0 Å². The fourth-order valence-electron chi connectivity index (χ4n) is 2.18. The van der Waals surface area contributed by atoms with Crippen molar-refractivity contribution < 1.29 is 0 Å². The van der Waals surface area contributed by atoms with Crippen molar-refractivity contribution in [1.29, 1.82) is 0 Å². The quantitative estimate of drug-likeness (QED) is 0.513. The lowest BCUT2D eigenvalue weighted by Crippen LogP contribution is -1.97. The molecule has 0 spiro atoms. The number of aromatic nitrogens is 1. The van der Waals surface area contributed by atoms with E-state index in [0.29, 0.717) is 0 Å². The van der Waals surface area contributed by atoms with Crippen LogP contribution in [0.25, 0.3) is 10.8 Å². The van der Waals surface area contributed by atoms with Gasteiger partial charge in [0.05, 0.1) is 5.69 Å². The predicted molar refractivity (Wildman–Crippen MR) is 93.3 cm³/mol. The van der Waals surface area contributed by atoms with Crippen molar-refractivity contribution in [1.82, 2.24) is 4.98 Å². The molecular formula is C16H14IN3. The van der Waals surface area contributed by atoms with E-state index in [1.807, 2.05) is 37.4 Å². The van der Waals surface area contributed by atoms with Crippen LogP contribution in [-0.4, -0.2) is 4.98 Å². The number of anilines is 3. The first-order valence-electron chi connectivity index (χ1n) is 6.31. The molecule has 3 nitrogen and oxygen atoms in total. The number of benzene rings is 2. The van der Waals surface area contributed by atoms with Crippen LogP contribution in [0.3, 0.4) is 0 Å². The summed E-state index contributed by atoms with van der Waals surface area (Å²) in [5.41, 5.74) is 9.90. The third kappa shape index (κ3) is 2.43. The van der Waals surface area contributed by atoms with Crippen molar-refractivity contribution in [3.8, 4) is 0 Å². The molecule has 1 aromatic heterocycles. The van der Waals surface area contributed by atoms with E-state index in [1.165, 1.54) is 3.57 Å². The van der Waals surface area contributed by atoms with Crippen molar-refractivity contribution in [3.05, 3.63) is 57.9 Å². The molecule has 4 heteroatoms. The predicted octanol–water partition coefficient (Wildman–Crippen LogP) is 4.47. The summed E-state index contributed by atoms with van der Waals surface area (Å²) in [5, 5.41) is 5.55. The van der Waals surface area contributed by atoms with Crippen molar-refractivity contribution in [3.63, 3.8) is 0 Å². The van der Waals surface area contributed by atoms with E-state index in [4.69, 9.17) is 5.73 Å². The fourth-order valence-corrected chi connectivity index (χ4v) is 2.70. The van der Waals surface area contributed by atoms with Crippen LogP contribution in [0.2, 0.25) is 0 Å². The van der Waals surface area contributed by atoms with E-state index in [0.717, 1.165) is 33.5 Å². The Bertz CT molecular complexity index is 784. The highest BCUT2D eigenvalue weighted by Crippen LogP contribution is 2.31. The van der Waals surface area contributed by atoms with E-state index < -0.39 is 0 Å². The van der Waals surface area contributed by atoms with Crippen molar-refractivity contribution in [2.45, 2.75) is 6.92 Å². The van der Waals surface area contributed by atoms with Crippen LogP contribution in [0.5, 0.6) is 0 Å². The van der Waals surface area contributed by atoms with E-state index in [9.17, 15) is 0 Å². The standard InChI is InChI=1S/C16H14IN3/c1-10-8-11-12(9-19-10)14(18)6-7-15(11)20-16-5-3-2-4-13(16)17/h2-9,20H,18H2,1H3. The molecule has 1 heterocycles. The molecular weight excluding hydrogens is 361 g/mol. The lowest BCUT2D eigenvalue weighted by Gasteiger charge is -2.13. The van der Waals surface area contributed by atoms with Gasteiger partial charge in [-0.3, -0.25) is 4.98 Å². The van der Waals surface area contributed by atoms with Crippen LogP contribution < -0.4 is 11.1 Å². The van der Waals surface area contributed by atoms with Crippen LogP contribution in [0.4, 0.5) is 17.1 Å². The molecule has 2 aromatic carbocycles. The Labute approximate surface area is 131 Å². The molecule has 0 aliphatic heterocycles. The molecule has 0 aliphatic carbocycles. The largest absolute Gasteiger partial charge is 0.398 e. The Morgan fingerprint density at radius 3 is 2.65 bits per heavy atom. The van der Waals surface area contributed by atoms with Crippen LogP contribution in [0.1, 0.15) is 5.69 Å². The summed E-state index contributed by atoms with van der Waals surface area (Å²) in [5.74, 6) is 0. The number of aryl methyl sites for hydroxylation is 1. The summed E-state index contributed by atoms with van der Waals surface area (Å²) in [6.07, 6.45) is 1.83. The van der Waals surface area contributed by atoms with Crippen molar-refractivity contribution in [2.75, 3.05) is 11.1 Å². The van der Waals surface area contributed by atoms with Crippen LogP contribution >= 0.6 is 22.6 Å². The zero-order chi connectivity index (χ0) is 14.1. The first-order valence-corrected chi connectivity index (χ1v) is 7.39. The van der Waals surface area contributed by atoms with Crippen LogP contribution in [0.15, 0.2) is 48.7 Å². The highest BCUT2D eigenvalue weighted by atomic mass is 127. The Morgan fingerprint density at radius 2 is 1.85 bits per heavy atom. The minimum atomic E-state index is 0.751. The number of rotatable bonds is 2. The average Bonchev–Trinajstić information content (AvgIpc) is 2.44. The minimum Gasteiger partial charge on any atom is -0.398 e. The Kier molecular flexibility index (Phi) is 3.48. The summed E-state index contributed by atoms with van der Waals surface area (Å²) in [6.45, 7) is 1.98. The first-order chi connectivity index (χ1) is 9.65. The summed E-state index contributed by atoms with van der Waals surface area (Å²) in [7, 11) is 0. The molecule has 0 aliphatic rings. The van der Waals surface area contributed by atoms with Gasteiger partial charge >= 0.3 is 0 Å². The van der Waals surface area contributed by atoms with Gasteiger partial charge in [0.25, 0.3) is 0 Å². The third-order valence-corrected chi connectivity index (χ3v) is 4.16. The smallest absolute Gasteiger partial charge is 0.0520 e. The Morgan fingerprint density at radius 1 is 1.05 bits per heavy atom. The highest BCUT2D eigenvalue weighted by molar-refractivity contribution is 14.1. The summed E-state index contributed by atoms with van der Waals surface area (Å²) in [4.78, 5) is 4.32. The van der Waals surface area contributed by atoms with Gasteiger partial charge < -0.3 is 11.1 Å². The lowest BCUT2D eigenvalue weighted by atomic mass is 10.1. The fraction of sp³-hybridized carbons (Fsp3) is 0.0625. The molecule has 0 bridgehead atoms. The van der Waals surface area contributed by atoms with E-state index >= 15 is 0 Å². The van der Waals surface area contributed by atoms with Gasteiger partial charge in [0, 0.05) is 37.6 Å². The number of para-hydroxylation sites is 1. The number of hydrogen-bond acceptors (Lipinski definition) is 3. The maximum absolute atomic E-state index is 6.03. The zero-order valence-corrected chi connectivity index (χ0v) is 13.2. The number of hydrogen-bond donors (Lipinski definition) is 2. The second kappa shape index (κ2) is 5.28. The molecule has 0 saturated carbocycles. The van der Waals surface area contributed by atoms with Gasteiger partial charge in [-0.25, -0.2) is 0 Å². The van der Waals surface area contributed by atoms with Crippen molar-refractivity contribution >= 4 is 50.4 Å². The molecule has 0 amide bonds. The van der Waals surface area contributed by atoms with Gasteiger partial charge in [0.15, 0.2) is 0 Å². The van der Waals surface area contributed by atoms with Gasteiger partial charge in [-0.05, 0) is 59.8 Å². The van der Waals surface area contributed by atoms with Crippen LogP contribution in [-0.2, 0) is 0 Å². The maximum atomic E-state index is 6.03. The topological polar surface area (TPSA) is 50.9 Å². The van der Waals surface area contributed by atoms with Gasteiger partial charge in [-0.15, -0.1) is 0 Å². The molecule has 0 atom stereocenters. The van der Waals surface area contributed by atoms with Gasteiger partial charge in [0.1, 0.15) is 0 Å². The van der Waals surface area contributed by atoms with Gasteiger partial charge in [0.2, 0.25) is 0 Å². The molecule has 3 N–H and O–H groups in total. The third-order valence-electron chi connectivity index (χ3n) is 3.21. The molecule has 20 heavy (non-hydrogen) atoms. The molecule has 0 unspecified atom stereocenters. The molecule has 0 saturated heterocycles. The molecule has 0 fully saturated rings. The van der Waals surface area contributed by atoms with E-state index in [-0.39, 0.29) is 0 Å². The number of pyridine rings is 1. The van der Waals surface area contributed by atoms with E-state index in [2.05, 4.69) is 51.1 Å². The number of fused-ring (bicyclic) bond motifs is 1. The number of nitrogens with one attached hydrogen (secondary N) is 1. The Balaban J connectivity index is 2.15. The van der Waals surface area contributed by atoms with E-state index in [1.54, 1.807) is 0 Å². The summed E-state index contributed by atoms with van der Waals surface area (Å²) >= 11 is 2.32. The number of halogens is 1. The average molecular weight is 375 g/mol.